The number of rotatable bonds is 7. The molecule has 3 rings (SSSR count). The lowest BCUT2D eigenvalue weighted by Gasteiger charge is -2.34. The summed E-state index contributed by atoms with van der Waals surface area (Å²) in [5.41, 5.74) is 0.919. The number of piperazine rings is 1. The van der Waals surface area contributed by atoms with E-state index in [1.165, 1.54) is 4.31 Å². The van der Waals surface area contributed by atoms with Gasteiger partial charge >= 0.3 is 0 Å². The van der Waals surface area contributed by atoms with E-state index in [9.17, 15) is 13.2 Å². The standard InChI is InChI=1S/C20H23BrN2O5S/c1-27-18-6-2-4-16(12-18)14-28-15-20(24)22-8-10-23(11-9-22)29(25,26)19-7-3-5-17(21)13-19/h2-7,12-13H,8-11,14-15H2,1H3. The van der Waals surface area contributed by atoms with Crippen LogP contribution in [0.1, 0.15) is 5.56 Å². The number of carbonyl (C=O) groups excluding carboxylic acids is 1. The Hall–Kier alpha value is -1.94. The third-order valence-electron chi connectivity index (χ3n) is 4.65. The van der Waals surface area contributed by atoms with Crippen LogP contribution in [0, 0.1) is 0 Å². The number of hydrogen-bond donors (Lipinski definition) is 0. The monoisotopic (exact) mass is 482 g/mol. The summed E-state index contributed by atoms with van der Waals surface area (Å²) in [7, 11) is -1.97. The highest BCUT2D eigenvalue weighted by Gasteiger charge is 2.30. The Labute approximate surface area is 179 Å². The molecule has 0 bridgehead atoms. The smallest absolute Gasteiger partial charge is 0.248 e. The zero-order valence-electron chi connectivity index (χ0n) is 16.1. The average Bonchev–Trinajstić information content (AvgIpc) is 2.74. The second kappa shape index (κ2) is 9.71. The molecule has 1 fully saturated rings. The van der Waals surface area contributed by atoms with Crippen LogP contribution in [0.5, 0.6) is 5.75 Å². The number of carbonyl (C=O) groups is 1. The molecule has 2 aromatic carbocycles. The molecule has 0 aromatic heterocycles. The molecule has 0 atom stereocenters. The molecule has 7 nitrogen and oxygen atoms in total. The maximum absolute atomic E-state index is 12.8. The average molecular weight is 483 g/mol. The Kier molecular flexibility index (Phi) is 7.28. The van der Waals surface area contributed by atoms with Gasteiger partial charge in [-0.25, -0.2) is 8.42 Å². The fourth-order valence-corrected chi connectivity index (χ4v) is 5.08. The normalized spacial score (nSPS) is 15.3. The first-order chi connectivity index (χ1) is 13.9. The van der Waals surface area contributed by atoms with Crippen LogP contribution in [0.2, 0.25) is 0 Å². The lowest BCUT2D eigenvalue weighted by atomic mass is 10.2. The van der Waals surface area contributed by atoms with Gasteiger partial charge in [-0.2, -0.15) is 4.31 Å². The third kappa shape index (κ3) is 5.57. The van der Waals surface area contributed by atoms with Crippen LogP contribution in [0.25, 0.3) is 0 Å². The van der Waals surface area contributed by atoms with Crippen LogP contribution in [0.15, 0.2) is 57.9 Å². The van der Waals surface area contributed by atoms with E-state index >= 15 is 0 Å². The summed E-state index contributed by atoms with van der Waals surface area (Å²) >= 11 is 3.30. The molecule has 0 saturated carbocycles. The summed E-state index contributed by atoms with van der Waals surface area (Å²) in [5.74, 6) is 0.590. The number of sulfonamides is 1. The van der Waals surface area contributed by atoms with E-state index in [1.54, 1.807) is 36.3 Å². The quantitative estimate of drug-likeness (QED) is 0.605. The van der Waals surface area contributed by atoms with Crippen LogP contribution in [-0.2, 0) is 26.2 Å². The van der Waals surface area contributed by atoms with E-state index < -0.39 is 10.0 Å². The van der Waals surface area contributed by atoms with Gasteiger partial charge in [0.25, 0.3) is 0 Å². The van der Waals surface area contributed by atoms with Crippen LogP contribution < -0.4 is 4.74 Å². The van der Waals surface area contributed by atoms with E-state index in [4.69, 9.17) is 9.47 Å². The van der Waals surface area contributed by atoms with Crippen molar-refractivity contribution < 1.29 is 22.7 Å². The maximum Gasteiger partial charge on any atom is 0.248 e. The van der Waals surface area contributed by atoms with Gasteiger partial charge in [-0.1, -0.05) is 34.1 Å². The van der Waals surface area contributed by atoms with Gasteiger partial charge in [0.05, 0.1) is 18.6 Å². The molecule has 1 aliphatic heterocycles. The Morgan fingerprint density at radius 1 is 1.07 bits per heavy atom. The predicted molar refractivity (Wildman–Crippen MR) is 112 cm³/mol. The van der Waals surface area contributed by atoms with Gasteiger partial charge in [0.2, 0.25) is 15.9 Å². The number of ether oxygens (including phenoxy) is 2. The summed E-state index contributed by atoms with van der Waals surface area (Å²) in [4.78, 5) is 14.3. The minimum Gasteiger partial charge on any atom is -0.497 e. The minimum absolute atomic E-state index is 0.0460. The molecule has 0 N–H and O–H groups in total. The Balaban J connectivity index is 1.49. The van der Waals surface area contributed by atoms with Crippen molar-refractivity contribution >= 4 is 31.9 Å². The first kappa shape index (κ1) is 21.8. The predicted octanol–water partition coefficient (Wildman–Crippen LogP) is 2.51. The molecule has 0 radical (unpaired) electrons. The van der Waals surface area contributed by atoms with E-state index in [2.05, 4.69) is 15.9 Å². The second-order valence-corrected chi connectivity index (χ2v) is 9.44. The molecule has 156 valence electrons. The van der Waals surface area contributed by atoms with E-state index in [0.717, 1.165) is 11.3 Å². The number of hydrogen-bond acceptors (Lipinski definition) is 5. The Morgan fingerprint density at radius 3 is 2.48 bits per heavy atom. The van der Waals surface area contributed by atoms with E-state index in [1.807, 2.05) is 24.3 Å². The van der Waals surface area contributed by atoms with Crippen molar-refractivity contribution in [2.24, 2.45) is 0 Å². The minimum atomic E-state index is -3.57. The highest BCUT2D eigenvalue weighted by atomic mass is 79.9. The van der Waals surface area contributed by atoms with E-state index in [-0.39, 0.29) is 30.5 Å². The number of methoxy groups -OCH3 is 1. The summed E-state index contributed by atoms with van der Waals surface area (Å²) in [6, 6.07) is 14.1. The molecular weight excluding hydrogens is 460 g/mol. The Bertz CT molecular complexity index is 959. The van der Waals surface area contributed by atoms with Crippen LogP contribution in [0.3, 0.4) is 0 Å². The summed E-state index contributed by atoms with van der Waals surface area (Å²) in [6.07, 6.45) is 0. The topological polar surface area (TPSA) is 76.2 Å². The molecule has 1 saturated heterocycles. The molecule has 0 spiro atoms. The number of halogens is 1. The summed E-state index contributed by atoms with van der Waals surface area (Å²) in [6.45, 7) is 1.46. The lowest BCUT2D eigenvalue weighted by Crippen LogP contribution is -2.51. The summed E-state index contributed by atoms with van der Waals surface area (Å²) in [5, 5.41) is 0. The number of benzene rings is 2. The number of nitrogens with zero attached hydrogens (tertiary/aromatic N) is 2. The van der Waals surface area contributed by atoms with Crippen LogP contribution in [-0.4, -0.2) is 63.4 Å². The zero-order valence-corrected chi connectivity index (χ0v) is 18.5. The van der Waals surface area contributed by atoms with Gasteiger partial charge in [0.1, 0.15) is 12.4 Å². The van der Waals surface area contributed by atoms with Gasteiger partial charge in [0, 0.05) is 30.7 Å². The van der Waals surface area contributed by atoms with Gasteiger partial charge in [0.15, 0.2) is 0 Å². The van der Waals surface area contributed by atoms with Gasteiger partial charge in [-0.05, 0) is 35.9 Å². The molecule has 1 heterocycles. The molecule has 9 heteroatoms. The van der Waals surface area contributed by atoms with Crippen molar-refractivity contribution in [3.05, 3.63) is 58.6 Å². The highest BCUT2D eigenvalue weighted by molar-refractivity contribution is 9.10. The first-order valence-corrected chi connectivity index (χ1v) is 11.4. The fourth-order valence-electron chi connectivity index (χ4n) is 3.06. The van der Waals surface area contributed by atoms with Crippen molar-refractivity contribution in [1.82, 2.24) is 9.21 Å². The molecule has 0 unspecified atom stereocenters. The lowest BCUT2D eigenvalue weighted by molar-refractivity contribution is -0.137. The molecular formula is C20H23BrN2O5S. The third-order valence-corrected chi connectivity index (χ3v) is 7.04. The molecule has 1 aliphatic rings. The molecule has 1 amide bonds. The second-order valence-electron chi connectivity index (χ2n) is 6.59. The van der Waals surface area contributed by atoms with Gasteiger partial charge in [-0.15, -0.1) is 0 Å². The van der Waals surface area contributed by atoms with Gasteiger partial charge in [-0.3, -0.25) is 4.79 Å². The maximum atomic E-state index is 12.8. The largest absolute Gasteiger partial charge is 0.497 e. The molecule has 29 heavy (non-hydrogen) atoms. The van der Waals surface area contributed by atoms with E-state index in [0.29, 0.717) is 24.2 Å². The first-order valence-electron chi connectivity index (χ1n) is 9.14. The Morgan fingerprint density at radius 2 is 1.79 bits per heavy atom. The fraction of sp³-hybridized carbons (Fsp3) is 0.350. The molecule has 2 aromatic rings. The van der Waals surface area contributed by atoms with Crippen molar-refractivity contribution in [3.8, 4) is 5.75 Å². The van der Waals surface area contributed by atoms with Crippen molar-refractivity contribution in [1.29, 1.82) is 0 Å². The summed E-state index contributed by atoms with van der Waals surface area (Å²) < 4.78 is 38.3. The highest BCUT2D eigenvalue weighted by Crippen LogP contribution is 2.21. The van der Waals surface area contributed by atoms with Crippen LogP contribution >= 0.6 is 15.9 Å². The number of amides is 1. The van der Waals surface area contributed by atoms with Gasteiger partial charge < -0.3 is 14.4 Å². The van der Waals surface area contributed by atoms with Crippen molar-refractivity contribution in [2.75, 3.05) is 39.9 Å². The zero-order chi connectivity index (χ0) is 20.9. The molecule has 0 aliphatic carbocycles. The van der Waals surface area contributed by atoms with Crippen molar-refractivity contribution in [2.45, 2.75) is 11.5 Å². The van der Waals surface area contributed by atoms with Crippen molar-refractivity contribution in [3.63, 3.8) is 0 Å². The SMILES string of the molecule is COc1cccc(COCC(=O)N2CCN(S(=O)(=O)c3cccc(Br)c3)CC2)c1. The van der Waals surface area contributed by atoms with Crippen LogP contribution in [0.4, 0.5) is 0 Å².